The predicted molar refractivity (Wildman–Crippen MR) is 126 cm³/mol. The normalized spacial score (nSPS) is 12.9. The number of aromatic nitrogens is 4. The summed E-state index contributed by atoms with van der Waals surface area (Å²) in [6.45, 7) is 5.89. The lowest BCUT2D eigenvalue weighted by atomic mass is 9.97. The average Bonchev–Trinajstić information content (AvgIpc) is 3.15. The van der Waals surface area contributed by atoms with Crippen molar-refractivity contribution in [3.63, 3.8) is 0 Å². The number of alkyl halides is 3. The van der Waals surface area contributed by atoms with Crippen molar-refractivity contribution in [2.45, 2.75) is 52.3 Å². The quantitative estimate of drug-likeness (QED) is 0.307. The highest BCUT2D eigenvalue weighted by molar-refractivity contribution is 6.28. The highest BCUT2D eigenvalue weighted by Crippen LogP contribution is 2.36. The maximum absolute atomic E-state index is 12.9. The Kier molecular flexibility index (Phi) is 6.64. The molecule has 0 amide bonds. The number of nitrogens with zero attached hydrogens (tertiary/aromatic N) is 4. The van der Waals surface area contributed by atoms with Gasteiger partial charge in [0.05, 0.1) is 23.5 Å². The molecule has 0 spiro atoms. The largest absolute Gasteiger partial charge is 0.389 e. The first kappa shape index (κ1) is 24.2. The Morgan fingerprint density at radius 2 is 1.82 bits per heavy atom. The van der Waals surface area contributed by atoms with Gasteiger partial charge in [0, 0.05) is 40.9 Å². The number of aliphatic hydroxyl groups excluding tert-OH is 1. The molecule has 34 heavy (non-hydrogen) atoms. The summed E-state index contributed by atoms with van der Waals surface area (Å²) in [5, 5.41) is 11.4. The van der Waals surface area contributed by atoms with Crippen LogP contribution in [0.15, 0.2) is 42.7 Å². The van der Waals surface area contributed by atoms with E-state index in [4.69, 9.17) is 11.6 Å². The van der Waals surface area contributed by atoms with E-state index < -0.39 is 25.1 Å². The zero-order chi connectivity index (χ0) is 24.6. The monoisotopic (exact) mass is 488 g/mol. The van der Waals surface area contributed by atoms with Crippen LogP contribution in [-0.2, 0) is 6.42 Å². The predicted octanol–water partition coefficient (Wildman–Crippen LogP) is 6.69. The number of rotatable bonds is 6. The van der Waals surface area contributed by atoms with E-state index in [-0.39, 0.29) is 5.28 Å². The first-order valence-electron chi connectivity index (χ1n) is 10.9. The van der Waals surface area contributed by atoms with E-state index in [1.807, 2.05) is 45.0 Å². The minimum Gasteiger partial charge on any atom is -0.388 e. The molecule has 1 atom stereocenters. The minimum atomic E-state index is -4.36. The van der Waals surface area contributed by atoms with Crippen LogP contribution in [0, 0.1) is 13.8 Å². The molecule has 0 saturated heterocycles. The summed E-state index contributed by atoms with van der Waals surface area (Å²) in [4.78, 5) is 13.1. The molecule has 0 aliphatic heterocycles. The standard InChI is InChI=1S/C25H24ClF3N4O/c1-4-16-10-22(32-24(26)31-16)33-13-18(21(34)8-9-25(27,28)29)17-11-19(30-12-20(17)33)23-14(2)6-5-7-15(23)3/h5-7,10-13,21,34H,4,8-9H2,1-3H3. The summed E-state index contributed by atoms with van der Waals surface area (Å²) >= 11 is 6.11. The SMILES string of the molecule is CCc1cc(-n2cc(C(O)CCC(F)(F)F)c3cc(-c4c(C)cccc4C)ncc32)nc(Cl)n1. The highest BCUT2D eigenvalue weighted by Gasteiger charge is 2.29. The Bertz CT molecular complexity index is 1330. The van der Waals surface area contributed by atoms with E-state index >= 15 is 0 Å². The molecule has 4 rings (SSSR count). The maximum Gasteiger partial charge on any atom is 0.389 e. The average molecular weight is 489 g/mol. The molecule has 3 heterocycles. The summed E-state index contributed by atoms with van der Waals surface area (Å²) in [6.07, 6.45) is -3.33. The van der Waals surface area contributed by atoms with Gasteiger partial charge in [-0.1, -0.05) is 25.1 Å². The number of aliphatic hydroxyl groups is 1. The van der Waals surface area contributed by atoms with Crippen LogP contribution in [0.5, 0.6) is 0 Å². The second-order valence-corrected chi connectivity index (χ2v) is 8.66. The lowest BCUT2D eigenvalue weighted by Gasteiger charge is -2.13. The third kappa shape index (κ3) is 4.93. The van der Waals surface area contributed by atoms with Gasteiger partial charge in [-0.05, 0) is 55.5 Å². The Labute approximate surface area is 200 Å². The van der Waals surface area contributed by atoms with Crippen molar-refractivity contribution in [3.05, 3.63) is 70.4 Å². The van der Waals surface area contributed by atoms with E-state index in [9.17, 15) is 18.3 Å². The first-order chi connectivity index (χ1) is 16.1. The molecule has 0 radical (unpaired) electrons. The molecular formula is C25H24ClF3N4O. The molecule has 5 nitrogen and oxygen atoms in total. The van der Waals surface area contributed by atoms with Gasteiger partial charge < -0.3 is 5.11 Å². The minimum absolute atomic E-state index is 0.0653. The number of benzene rings is 1. The molecule has 0 aliphatic carbocycles. The molecule has 178 valence electrons. The molecule has 0 bridgehead atoms. The van der Waals surface area contributed by atoms with Gasteiger partial charge in [-0.25, -0.2) is 4.98 Å². The van der Waals surface area contributed by atoms with Crippen LogP contribution < -0.4 is 0 Å². The number of aryl methyl sites for hydroxylation is 3. The molecule has 1 unspecified atom stereocenters. The summed E-state index contributed by atoms with van der Waals surface area (Å²) in [7, 11) is 0. The summed E-state index contributed by atoms with van der Waals surface area (Å²) in [5.41, 5.74) is 5.39. The third-order valence-corrected chi connectivity index (χ3v) is 6.04. The molecule has 1 aromatic carbocycles. The van der Waals surface area contributed by atoms with Gasteiger partial charge in [0.25, 0.3) is 0 Å². The third-order valence-electron chi connectivity index (χ3n) is 5.87. The van der Waals surface area contributed by atoms with Crippen molar-refractivity contribution in [2.24, 2.45) is 0 Å². The molecule has 3 aromatic heterocycles. The lowest BCUT2D eigenvalue weighted by molar-refractivity contribution is -0.140. The molecule has 0 aliphatic rings. The van der Waals surface area contributed by atoms with E-state index in [1.165, 1.54) is 0 Å². The van der Waals surface area contributed by atoms with Gasteiger partial charge in [0.15, 0.2) is 0 Å². The van der Waals surface area contributed by atoms with Gasteiger partial charge in [-0.15, -0.1) is 0 Å². The van der Waals surface area contributed by atoms with Crippen molar-refractivity contribution in [3.8, 4) is 17.1 Å². The van der Waals surface area contributed by atoms with E-state index in [0.29, 0.717) is 34.4 Å². The van der Waals surface area contributed by atoms with Crippen LogP contribution in [0.3, 0.4) is 0 Å². The number of halogens is 4. The Balaban J connectivity index is 1.91. The maximum atomic E-state index is 12.9. The summed E-state index contributed by atoms with van der Waals surface area (Å²) in [5.74, 6) is 0.456. The second-order valence-electron chi connectivity index (χ2n) is 8.32. The van der Waals surface area contributed by atoms with Crippen LogP contribution >= 0.6 is 11.6 Å². The smallest absolute Gasteiger partial charge is 0.388 e. The number of pyridine rings is 1. The van der Waals surface area contributed by atoms with Crippen molar-refractivity contribution in [1.82, 2.24) is 19.5 Å². The topological polar surface area (TPSA) is 63.8 Å². The molecule has 0 saturated carbocycles. The van der Waals surface area contributed by atoms with E-state index in [1.54, 1.807) is 23.0 Å². The van der Waals surface area contributed by atoms with Gasteiger partial charge in [-0.2, -0.15) is 18.2 Å². The molecule has 1 N–H and O–H groups in total. The van der Waals surface area contributed by atoms with Crippen LogP contribution in [0.4, 0.5) is 13.2 Å². The molecule has 0 fully saturated rings. The number of hydrogen-bond donors (Lipinski definition) is 1. The van der Waals surface area contributed by atoms with E-state index in [0.717, 1.165) is 22.4 Å². The van der Waals surface area contributed by atoms with E-state index in [2.05, 4.69) is 15.0 Å². The van der Waals surface area contributed by atoms with Crippen LogP contribution in [0.1, 0.15) is 48.3 Å². The molecule has 4 aromatic rings. The fraction of sp³-hybridized carbons (Fsp3) is 0.320. The molecule has 9 heteroatoms. The van der Waals surface area contributed by atoms with Gasteiger partial charge in [-0.3, -0.25) is 9.55 Å². The van der Waals surface area contributed by atoms with Crippen molar-refractivity contribution < 1.29 is 18.3 Å². The Morgan fingerprint density at radius 3 is 2.47 bits per heavy atom. The summed E-state index contributed by atoms with van der Waals surface area (Å²) < 4.78 is 40.3. The number of hydrogen-bond acceptors (Lipinski definition) is 4. The molecular weight excluding hydrogens is 465 g/mol. The van der Waals surface area contributed by atoms with Crippen molar-refractivity contribution in [2.75, 3.05) is 0 Å². The van der Waals surface area contributed by atoms with Crippen molar-refractivity contribution in [1.29, 1.82) is 0 Å². The Hall–Kier alpha value is -2.97. The Morgan fingerprint density at radius 1 is 1.12 bits per heavy atom. The van der Waals surface area contributed by atoms with Crippen LogP contribution in [0.2, 0.25) is 5.28 Å². The fourth-order valence-electron chi connectivity index (χ4n) is 4.17. The van der Waals surface area contributed by atoms with Gasteiger partial charge in [0.1, 0.15) is 5.82 Å². The fourth-order valence-corrected chi connectivity index (χ4v) is 4.37. The highest BCUT2D eigenvalue weighted by atomic mass is 35.5. The van der Waals surface area contributed by atoms with Gasteiger partial charge in [0.2, 0.25) is 5.28 Å². The first-order valence-corrected chi connectivity index (χ1v) is 11.3. The summed E-state index contributed by atoms with van der Waals surface area (Å²) in [6, 6.07) is 9.49. The van der Waals surface area contributed by atoms with Gasteiger partial charge >= 0.3 is 6.18 Å². The lowest BCUT2D eigenvalue weighted by Crippen LogP contribution is -2.10. The second kappa shape index (κ2) is 9.35. The van der Waals surface area contributed by atoms with Crippen LogP contribution in [0.25, 0.3) is 28.0 Å². The number of fused-ring (bicyclic) bond motifs is 1. The van der Waals surface area contributed by atoms with Crippen molar-refractivity contribution >= 4 is 22.5 Å². The zero-order valence-corrected chi connectivity index (χ0v) is 19.7. The van der Waals surface area contributed by atoms with Crippen LogP contribution in [-0.4, -0.2) is 30.8 Å². The zero-order valence-electron chi connectivity index (χ0n) is 19.0.